The molecule has 0 aliphatic carbocycles. The van der Waals surface area contributed by atoms with E-state index in [9.17, 15) is 8.42 Å². The van der Waals surface area contributed by atoms with Crippen molar-refractivity contribution >= 4 is 10.0 Å². The Bertz CT molecular complexity index is 1170. The van der Waals surface area contributed by atoms with Crippen LogP contribution in [0.25, 0.3) is 0 Å². The number of sulfonamides is 1. The Balaban J connectivity index is 2.20. The van der Waals surface area contributed by atoms with Gasteiger partial charge in [0.05, 0.1) is 17.0 Å². The van der Waals surface area contributed by atoms with Gasteiger partial charge in [-0.3, -0.25) is 0 Å². The third-order valence-electron chi connectivity index (χ3n) is 6.59. The summed E-state index contributed by atoms with van der Waals surface area (Å²) in [6, 6.07) is 23.2. The molecular weight excluding hydrogens is 452 g/mol. The Labute approximate surface area is 212 Å². The molecule has 0 unspecified atom stereocenters. The Morgan fingerprint density at radius 3 is 1.40 bits per heavy atom. The van der Waals surface area contributed by atoms with E-state index in [1.54, 1.807) is 0 Å². The number of nitrogens with one attached hydrogen (secondary N) is 2. The van der Waals surface area contributed by atoms with Gasteiger partial charge >= 0.3 is 0 Å². The molecular formula is C30H40N2O2S. The number of hydrogen-bond donors (Lipinski definition) is 2. The highest BCUT2D eigenvalue weighted by Gasteiger charge is 2.33. The Kier molecular flexibility index (Phi) is 8.92. The zero-order valence-corrected chi connectivity index (χ0v) is 22.9. The van der Waals surface area contributed by atoms with Crippen molar-refractivity contribution < 1.29 is 8.42 Å². The van der Waals surface area contributed by atoms with Crippen LogP contribution in [0, 0.1) is 0 Å². The first-order valence-electron chi connectivity index (χ1n) is 12.5. The third-order valence-corrected chi connectivity index (χ3v) is 8.17. The van der Waals surface area contributed by atoms with Gasteiger partial charge in [0.25, 0.3) is 0 Å². The second-order valence-electron chi connectivity index (χ2n) is 10.2. The molecule has 4 nitrogen and oxygen atoms in total. The predicted octanol–water partition coefficient (Wildman–Crippen LogP) is 7.04. The standard InChI is InChI=1S/C30H40N2O2S/c1-20(2)25-18-26(21(3)4)30(27(19-25)22(5)6)35(33,34)32-29(24-16-12-9-13-17-24)28(31-7)23-14-10-8-11-15-23/h8-22,28-29,31-32H,1-7H3/t28-,29-/m0/s1. The fourth-order valence-corrected chi connectivity index (χ4v) is 6.54. The van der Waals surface area contributed by atoms with Crippen LogP contribution in [0.2, 0.25) is 0 Å². The van der Waals surface area contributed by atoms with Crippen LogP contribution in [0.15, 0.2) is 77.7 Å². The number of benzene rings is 3. The first-order chi connectivity index (χ1) is 16.6. The van der Waals surface area contributed by atoms with Crippen molar-refractivity contribution in [3.8, 4) is 0 Å². The van der Waals surface area contributed by atoms with Gasteiger partial charge in [-0.05, 0) is 52.6 Å². The van der Waals surface area contributed by atoms with E-state index in [1.807, 2.05) is 67.7 Å². The highest BCUT2D eigenvalue weighted by molar-refractivity contribution is 7.89. The van der Waals surface area contributed by atoms with E-state index in [4.69, 9.17) is 0 Å². The smallest absolute Gasteiger partial charge is 0.241 e. The second kappa shape index (κ2) is 11.5. The molecule has 0 aromatic heterocycles. The molecule has 0 saturated heterocycles. The summed E-state index contributed by atoms with van der Waals surface area (Å²) in [5.41, 5.74) is 4.86. The molecule has 0 aliphatic heterocycles. The molecule has 3 rings (SSSR count). The predicted molar refractivity (Wildman–Crippen MR) is 146 cm³/mol. The normalized spacial score (nSPS) is 14.0. The van der Waals surface area contributed by atoms with E-state index in [0.29, 0.717) is 10.8 Å². The average Bonchev–Trinajstić information content (AvgIpc) is 2.84. The summed E-state index contributed by atoms with van der Waals surface area (Å²) in [5.74, 6) is 0.461. The van der Waals surface area contributed by atoms with E-state index in [2.05, 4.69) is 63.7 Å². The van der Waals surface area contributed by atoms with Gasteiger partial charge in [-0.1, -0.05) is 114 Å². The summed E-state index contributed by atoms with van der Waals surface area (Å²) < 4.78 is 31.6. The Hall–Kier alpha value is -2.47. The zero-order chi connectivity index (χ0) is 25.8. The molecule has 0 radical (unpaired) electrons. The lowest BCUT2D eigenvalue weighted by Gasteiger charge is -2.30. The number of hydrogen-bond acceptors (Lipinski definition) is 3. The Morgan fingerprint density at radius 2 is 1.03 bits per heavy atom. The molecule has 3 aromatic rings. The molecule has 0 fully saturated rings. The highest BCUT2D eigenvalue weighted by atomic mass is 32.2. The van der Waals surface area contributed by atoms with Crippen LogP contribution in [0.3, 0.4) is 0 Å². The third kappa shape index (κ3) is 6.21. The lowest BCUT2D eigenvalue weighted by Crippen LogP contribution is -2.38. The highest BCUT2D eigenvalue weighted by Crippen LogP contribution is 2.37. The van der Waals surface area contributed by atoms with Crippen LogP contribution in [0.1, 0.15) is 99.2 Å². The molecule has 3 aromatic carbocycles. The molecule has 2 atom stereocenters. The van der Waals surface area contributed by atoms with Crippen LogP contribution in [-0.2, 0) is 10.0 Å². The van der Waals surface area contributed by atoms with Gasteiger partial charge in [0.2, 0.25) is 10.0 Å². The minimum Gasteiger partial charge on any atom is -0.311 e. The van der Waals surface area contributed by atoms with Gasteiger partial charge in [0.15, 0.2) is 0 Å². The molecule has 35 heavy (non-hydrogen) atoms. The molecule has 0 heterocycles. The van der Waals surface area contributed by atoms with Gasteiger partial charge in [0.1, 0.15) is 0 Å². The molecule has 0 spiro atoms. The average molecular weight is 493 g/mol. The van der Waals surface area contributed by atoms with Crippen LogP contribution < -0.4 is 10.0 Å². The van der Waals surface area contributed by atoms with Gasteiger partial charge in [-0.25, -0.2) is 13.1 Å². The molecule has 188 valence electrons. The maximum atomic E-state index is 14.3. The zero-order valence-electron chi connectivity index (χ0n) is 22.0. The number of likely N-dealkylation sites (N-methyl/N-ethyl adjacent to an activating group) is 1. The Morgan fingerprint density at radius 1 is 0.600 bits per heavy atom. The monoisotopic (exact) mass is 492 g/mol. The van der Waals surface area contributed by atoms with Crippen molar-refractivity contribution in [1.29, 1.82) is 0 Å². The van der Waals surface area contributed by atoms with Crippen LogP contribution in [-0.4, -0.2) is 15.5 Å². The molecule has 0 bridgehead atoms. The van der Waals surface area contributed by atoms with Crippen molar-refractivity contribution in [3.63, 3.8) is 0 Å². The van der Waals surface area contributed by atoms with Crippen LogP contribution in [0.4, 0.5) is 0 Å². The fourth-order valence-electron chi connectivity index (χ4n) is 4.60. The topological polar surface area (TPSA) is 58.2 Å². The number of rotatable bonds is 10. The molecule has 0 aliphatic rings. The summed E-state index contributed by atoms with van der Waals surface area (Å²) in [4.78, 5) is 0.427. The first-order valence-corrected chi connectivity index (χ1v) is 14.0. The maximum Gasteiger partial charge on any atom is 0.241 e. The van der Waals surface area contributed by atoms with E-state index in [0.717, 1.165) is 22.3 Å². The van der Waals surface area contributed by atoms with Crippen molar-refractivity contribution in [2.24, 2.45) is 0 Å². The van der Waals surface area contributed by atoms with Gasteiger partial charge in [0, 0.05) is 0 Å². The van der Waals surface area contributed by atoms with Gasteiger partial charge < -0.3 is 5.32 Å². The maximum absolute atomic E-state index is 14.3. The SMILES string of the molecule is CN[C@@H](c1ccccc1)[C@@H](NS(=O)(=O)c1c(C(C)C)cc(C(C)C)cc1C(C)C)c1ccccc1. The van der Waals surface area contributed by atoms with Crippen LogP contribution >= 0.6 is 0 Å². The summed E-state index contributed by atoms with van der Waals surface area (Å²) in [6.45, 7) is 12.6. The van der Waals surface area contributed by atoms with Crippen molar-refractivity contribution in [2.75, 3.05) is 7.05 Å². The molecule has 2 N–H and O–H groups in total. The van der Waals surface area contributed by atoms with E-state index in [-0.39, 0.29) is 17.9 Å². The molecule has 5 heteroatoms. The van der Waals surface area contributed by atoms with Crippen molar-refractivity contribution in [3.05, 3.63) is 101 Å². The van der Waals surface area contributed by atoms with E-state index in [1.165, 1.54) is 5.56 Å². The van der Waals surface area contributed by atoms with Gasteiger partial charge in [-0.2, -0.15) is 0 Å². The minimum atomic E-state index is -3.85. The lowest BCUT2D eigenvalue weighted by atomic mass is 9.89. The summed E-state index contributed by atoms with van der Waals surface area (Å²) in [7, 11) is -1.98. The summed E-state index contributed by atoms with van der Waals surface area (Å²) >= 11 is 0. The van der Waals surface area contributed by atoms with Gasteiger partial charge in [-0.15, -0.1) is 0 Å². The second-order valence-corrected chi connectivity index (χ2v) is 11.8. The van der Waals surface area contributed by atoms with Crippen molar-refractivity contribution in [2.45, 2.75) is 76.3 Å². The molecule has 0 amide bonds. The summed E-state index contributed by atoms with van der Waals surface area (Å²) in [6.07, 6.45) is 0. The van der Waals surface area contributed by atoms with E-state index >= 15 is 0 Å². The quantitative estimate of drug-likeness (QED) is 0.319. The molecule has 0 saturated carbocycles. The first kappa shape index (κ1) is 27.1. The lowest BCUT2D eigenvalue weighted by molar-refractivity contribution is 0.450. The van der Waals surface area contributed by atoms with Crippen LogP contribution in [0.5, 0.6) is 0 Å². The summed E-state index contributed by atoms with van der Waals surface area (Å²) in [5, 5.41) is 3.36. The van der Waals surface area contributed by atoms with Crippen molar-refractivity contribution in [1.82, 2.24) is 10.0 Å². The minimum absolute atomic E-state index is 0.0715. The van der Waals surface area contributed by atoms with E-state index < -0.39 is 16.1 Å². The fraction of sp³-hybridized carbons (Fsp3) is 0.400. The largest absolute Gasteiger partial charge is 0.311 e.